The molecule has 0 aliphatic rings. The highest BCUT2D eigenvalue weighted by molar-refractivity contribution is 6.31. The quantitative estimate of drug-likeness (QED) is 0.625. The lowest BCUT2D eigenvalue weighted by molar-refractivity contribution is 0.461. The molecule has 2 rings (SSSR count). The van der Waals surface area contributed by atoms with E-state index in [4.69, 9.17) is 16.0 Å². The number of benzene rings is 1. The Balaban J connectivity index is 1.97. The molecule has 0 fully saturated rings. The number of hydrogen-bond donors (Lipinski definition) is 2. The van der Waals surface area contributed by atoms with Crippen molar-refractivity contribution in [1.29, 1.82) is 0 Å². The van der Waals surface area contributed by atoms with Crippen molar-refractivity contribution in [3.05, 3.63) is 51.9 Å². The van der Waals surface area contributed by atoms with Gasteiger partial charge in [0.05, 0.1) is 12.2 Å². The van der Waals surface area contributed by atoms with Crippen molar-refractivity contribution in [2.24, 2.45) is 4.99 Å². The molecular weight excluding hydrogens is 343 g/mol. The number of rotatable bonds is 5. The Morgan fingerprint density at radius 1 is 1.32 bits per heavy atom. The molecule has 0 saturated carbocycles. The predicted molar refractivity (Wildman–Crippen MR) is 98.6 cm³/mol. The van der Waals surface area contributed by atoms with E-state index < -0.39 is 0 Å². The summed E-state index contributed by atoms with van der Waals surface area (Å²) in [5.74, 6) is 1.71. The average molecular weight is 367 g/mol. The zero-order valence-corrected chi connectivity index (χ0v) is 16.0. The van der Waals surface area contributed by atoms with E-state index in [-0.39, 0.29) is 11.2 Å². The highest BCUT2D eigenvalue weighted by atomic mass is 35.5. The smallest absolute Gasteiger partial charge is 0.214 e. The van der Waals surface area contributed by atoms with Gasteiger partial charge in [-0.15, -0.1) is 0 Å². The van der Waals surface area contributed by atoms with Gasteiger partial charge >= 0.3 is 0 Å². The Kier molecular flexibility index (Phi) is 6.06. The molecule has 1 aromatic heterocycles. The highest BCUT2D eigenvalue weighted by Crippen LogP contribution is 2.29. The van der Waals surface area contributed by atoms with Crippen molar-refractivity contribution in [2.75, 3.05) is 13.6 Å². The number of nitrogens with one attached hydrogen (secondary N) is 2. The van der Waals surface area contributed by atoms with Crippen molar-refractivity contribution in [1.82, 2.24) is 15.6 Å². The molecule has 0 atom stereocenters. The van der Waals surface area contributed by atoms with Gasteiger partial charge in [0.1, 0.15) is 11.6 Å². The predicted octanol–water partition coefficient (Wildman–Crippen LogP) is 3.73. The molecule has 0 aliphatic heterocycles. The zero-order chi connectivity index (χ0) is 18.6. The average Bonchev–Trinajstić information content (AvgIpc) is 2.85. The van der Waals surface area contributed by atoms with Crippen LogP contribution < -0.4 is 10.6 Å². The fourth-order valence-electron chi connectivity index (χ4n) is 2.43. The summed E-state index contributed by atoms with van der Waals surface area (Å²) in [6, 6.07) is 4.47. The molecule has 0 bridgehead atoms. The van der Waals surface area contributed by atoms with Crippen molar-refractivity contribution >= 4 is 17.6 Å². The SMILES string of the molecule is CN=C(NCc1nc(C)c(C)o1)NCC(C)(C)c1ccc(F)cc1Cl. The maximum Gasteiger partial charge on any atom is 0.214 e. The van der Waals surface area contributed by atoms with E-state index in [9.17, 15) is 4.39 Å². The first-order chi connectivity index (χ1) is 11.7. The van der Waals surface area contributed by atoms with Crippen LogP contribution in [0.1, 0.15) is 36.8 Å². The summed E-state index contributed by atoms with van der Waals surface area (Å²) >= 11 is 6.19. The van der Waals surface area contributed by atoms with Crippen LogP contribution in [-0.2, 0) is 12.0 Å². The summed E-state index contributed by atoms with van der Waals surface area (Å²) in [5.41, 5.74) is 1.45. The summed E-state index contributed by atoms with van der Waals surface area (Å²) in [5, 5.41) is 6.84. The summed E-state index contributed by atoms with van der Waals surface area (Å²) in [6.45, 7) is 8.87. The number of aromatic nitrogens is 1. The van der Waals surface area contributed by atoms with Crippen LogP contribution in [0.15, 0.2) is 27.6 Å². The summed E-state index contributed by atoms with van der Waals surface area (Å²) in [6.07, 6.45) is 0. The van der Waals surface area contributed by atoms with Crippen molar-refractivity contribution < 1.29 is 8.81 Å². The summed E-state index contributed by atoms with van der Waals surface area (Å²) in [7, 11) is 1.69. The molecule has 0 radical (unpaired) electrons. The monoisotopic (exact) mass is 366 g/mol. The molecule has 0 unspecified atom stereocenters. The number of halogens is 2. The van der Waals surface area contributed by atoms with Gasteiger partial charge in [0.2, 0.25) is 5.89 Å². The molecule has 136 valence electrons. The second-order valence-electron chi connectivity index (χ2n) is 6.54. The van der Waals surface area contributed by atoms with Crippen LogP contribution in [0.5, 0.6) is 0 Å². The number of oxazole rings is 1. The van der Waals surface area contributed by atoms with Crippen LogP contribution in [0.3, 0.4) is 0 Å². The Morgan fingerprint density at radius 3 is 2.60 bits per heavy atom. The van der Waals surface area contributed by atoms with E-state index in [1.807, 2.05) is 27.7 Å². The van der Waals surface area contributed by atoms with Crippen molar-refractivity contribution in [3.63, 3.8) is 0 Å². The molecule has 0 amide bonds. The minimum absolute atomic E-state index is 0.307. The molecule has 2 N–H and O–H groups in total. The highest BCUT2D eigenvalue weighted by Gasteiger charge is 2.24. The first kappa shape index (κ1) is 19.2. The van der Waals surface area contributed by atoms with Gasteiger partial charge in [0, 0.05) is 24.0 Å². The van der Waals surface area contributed by atoms with Crippen LogP contribution >= 0.6 is 11.6 Å². The van der Waals surface area contributed by atoms with E-state index in [1.165, 1.54) is 12.1 Å². The molecule has 5 nitrogen and oxygen atoms in total. The molecule has 2 aromatic rings. The van der Waals surface area contributed by atoms with E-state index in [2.05, 4.69) is 20.6 Å². The summed E-state index contributed by atoms with van der Waals surface area (Å²) in [4.78, 5) is 8.53. The minimum Gasteiger partial charge on any atom is -0.444 e. The maximum absolute atomic E-state index is 13.3. The third-order valence-corrected chi connectivity index (χ3v) is 4.37. The van der Waals surface area contributed by atoms with Gasteiger partial charge < -0.3 is 15.1 Å². The van der Waals surface area contributed by atoms with Crippen LogP contribution in [0.2, 0.25) is 5.02 Å². The zero-order valence-electron chi connectivity index (χ0n) is 15.2. The van der Waals surface area contributed by atoms with Gasteiger partial charge in [-0.1, -0.05) is 31.5 Å². The first-order valence-electron chi connectivity index (χ1n) is 8.06. The van der Waals surface area contributed by atoms with Crippen LogP contribution in [0, 0.1) is 19.7 Å². The molecule has 0 saturated heterocycles. The van der Waals surface area contributed by atoms with E-state index in [0.717, 1.165) is 17.0 Å². The second-order valence-corrected chi connectivity index (χ2v) is 6.94. The van der Waals surface area contributed by atoms with E-state index >= 15 is 0 Å². The van der Waals surface area contributed by atoms with Gasteiger partial charge in [0.25, 0.3) is 0 Å². The Labute approximate surface area is 152 Å². The summed E-state index contributed by atoms with van der Waals surface area (Å²) < 4.78 is 18.8. The molecule has 7 heteroatoms. The van der Waals surface area contributed by atoms with Crippen LogP contribution in [-0.4, -0.2) is 24.5 Å². The van der Waals surface area contributed by atoms with Gasteiger partial charge in [-0.25, -0.2) is 9.37 Å². The normalized spacial score (nSPS) is 12.4. The van der Waals surface area contributed by atoms with E-state index in [1.54, 1.807) is 13.1 Å². The lowest BCUT2D eigenvalue weighted by Gasteiger charge is -2.27. The fraction of sp³-hybridized carbons (Fsp3) is 0.444. The molecule has 0 aliphatic carbocycles. The number of nitrogens with zero attached hydrogens (tertiary/aromatic N) is 2. The largest absolute Gasteiger partial charge is 0.444 e. The topological polar surface area (TPSA) is 62.5 Å². The molecule has 25 heavy (non-hydrogen) atoms. The Bertz CT molecular complexity index is 751. The number of aliphatic imine (C=N–C) groups is 1. The molecule has 1 aromatic carbocycles. The molecule has 1 heterocycles. The van der Waals surface area contributed by atoms with Crippen molar-refractivity contribution in [2.45, 2.75) is 39.7 Å². The third kappa shape index (κ3) is 4.95. The van der Waals surface area contributed by atoms with Crippen LogP contribution in [0.4, 0.5) is 4.39 Å². The van der Waals surface area contributed by atoms with Gasteiger partial charge in [-0.05, 0) is 31.5 Å². The lowest BCUT2D eigenvalue weighted by atomic mass is 9.84. The maximum atomic E-state index is 13.3. The Hall–Kier alpha value is -2.08. The van der Waals surface area contributed by atoms with Gasteiger partial charge in [0.15, 0.2) is 5.96 Å². The third-order valence-electron chi connectivity index (χ3n) is 4.06. The number of guanidine groups is 1. The Morgan fingerprint density at radius 2 is 2.04 bits per heavy atom. The van der Waals surface area contributed by atoms with Gasteiger partial charge in [-0.3, -0.25) is 4.99 Å². The second kappa shape index (κ2) is 7.87. The fourth-order valence-corrected chi connectivity index (χ4v) is 2.86. The standard InChI is InChI=1S/C18H24ClFN4O/c1-11-12(2)25-16(24-11)9-22-17(21-5)23-10-18(3,4)14-7-6-13(20)8-15(14)19/h6-8H,9-10H2,1-5H3,(H2,21,22,23). The van der Waals surface area contributed by atoms with Crippen molar-refractivity contribution in [3.8, 4) is 0 Å². The minimum atomic E-state index is -0.341. The number of hydrogen-bond acceptors (Lipinski definition) is 3. The van der Waals surface area contributed by atoms with E-state index in [0.29, 0.717) is 30.0 Å². The lowest BCUT2D eigenvalue weighted by Crippen LogP contribution is -2.43. The van der Waals surface area contributed by atoms with Gasteiger partial charge in [-0.2, -0.15) is 0 Å². The molecule has 0 spiro atoms. The molecular formula is C18H24ClFN4O. The number of aryl methyl sites for hydroxylation is 2. The van der Waals surface area contributed by atoms with Crippen LogP contribution in [0.25, 0.3) is 0 Å². The first-order valence-corrected chi connectivity index (χ1v) is 8.43.